The fraction of sp³-hybridized carbons (Fsp3) is 0.350. The molecule has 0 aromatic heterocycles. The van der Waals surface area contributed by atoms with Crippen LogP contribution in [0.4, 0.5) is 11.4 Å². The highest BCUT2D eigenvalue weighted by molar-refractivity contribution is 7.92. The molecule has 1 aliphatic rings. The van der Waals surface area contributed by atoms with Gasteiger partial charge in [0.1, 0.15) is 6.04 Å². The number of halogens is 1. The standard InChI is InChI=1S/C20H24ClN3O3S/c1-23(2)19(15-8-10-16(21)11-9-15)20(25)22-17-6-5-7-18(14-17)24-12-3-4-13-28(24,26)27/h5-11,14,19H,3-4,12-13H2,1-2H3,(H,22,25)/t19-/m0/s1. The monoisotopic (exact) mass is 421 g/mol. The lowest BCUT2D eigenvalue weighted by molar-refractivity contribution is -0.120. The van der Waals surface area contributed by atoms with E-state index >= 15 is 0 Å². The van der Waals surface area contributed by atoms with Crippen LogP contribution < -0.4 is 9.62 Å². The molecule has 0 unspecified atom stereocenters. The van der Waals surface area contributed by atoms with Gasteiger partial charge in [-0.15, -0.1) is 0 Å². The lowest BCUT2D eigenvalue weighted by Gasteiger charge is -2.29. The van der Waals surface area contributed by atoms with Crippen LogP contribution in [0.15, 0.2) is 48.5 Å². The lowest BCUT2D eigenvalue weighted by Crippen LogP contribution is -2.37. The van der Waals surface area contributed by atoms with Crippen LogP contribution in [0.3, 0.4) is 0 Å². The van der Waals surface area contributed by atoms with Crippen LogP contribution in [0.25, 0.3) is 0 Å². The minimum atomic E-state index is -3.30. The Morgan fingerprint density at radius 3 is 2.50 bits per heavy atom. The van der Waals surface area contributed by atoms with Crippen molar-refractivity contribution >= 4 is 38.9 Å². The zero-order chi connectivity index (χ0) is 20.3. The molecule has 1 fully saturated rings. The molecule has 0 saturated carbocycles. The Balaban J connectivity index is 1.82. The van der Waals surface area contributed by atoms with E-state index in [9.17, 15) is 13.2 Å². The average molecular weight is 422 g/mol. The summed E-state index contributed by atoms with van der Waals surface area (Å²) in [5.74, 6) is -0.0472. The van der Waals surface area contributed by atoms with Gasteiger partial charge in [-0.25, -0.2) is 8.42 Å². The fourth-order valence-corrected chi connectivity index (χ4v) is 5.11. The van der Waals surface area contributed by atoms with Crippen LogP contribution >= 0.6 is 11.6 Å². The maximum Gasteiger partial charge on any atom is 0.246 e. The number of likely N-dealkylation sites (N-methyl/N-ethyl adjacent to an activating group) is 1. The van der Waals surface area contributed by atoms with E-state index in [2.05, 4.69) is 5.32 Å². The van der Waals surface area contributed by atoms with Gasteiger partial charge in [-0.3, -0.25) is 14.0 Å². The molecule has 0 aliphatic carbocycles. The second-order valence-electron chi connectivity index (χ2n) is 7.05. The van der Waals surface area contributed by atoms with E-state index in [1.165, 1.54) is 4.31 Å². The molecule has 1 saturated heterocycles. The number of rotatable bonds is 5. The van der Waals surface area contributed by atoms with Gasteiger partial charge in [-0.1, -0.05) is 29.8 Å². The highest BCUT2D eigenvalue weighted by Crippen LogP contribution is 2.27. The van der Waals surface area contributed by atoms with Crippen LogP contribution in [-0.4, -0.2) is 45.6 Å². The number of amides is 1. The molecule has 1 atom stereocenters. The van der Waals surface area contributed by atoms with Gasteiger partial charge in [0.15, 0.2) is 0 Å². The van der Waals surface area contributed by atoms with Crippen LogP contribution in [0.2, 0.25) is 5.02 Å². The molecular formula is C20H24ClN3O3S. The number of carbonyl (C=O) groups is 1. The highest BCUT2D eigenvalue weighted by atomic mass is 35.5. The number of sulfonamides is 1. The Hall–Kier alpha value is -2.09. The van der Waals surface area contributed by atoms with Crippen molar-refractivity contribution in [1.82, 2.24) is 4.90 Å². The SMILES string of the molecule is CN(C)[C@H](C(=O)Nc1cccc(N2CCCCS2(=O)=O)c1)c1ccc(Cl)cc1. The van der Waals surface area contributed by atoms with E-state index in [0.29, 0.717) is 29.4 Å². The quantitative estimate of drug-likeness (QED) is 0.802. The summed E-state index contributed by atoms with van der Waals surface area (Å²) in [6.45, 7) is 0.463. The molecule has 28 heavy (non-hydrogen) atoms. The Morgan fingerprint density at radius 2 is 1.86 bits per heavy atom. The third-order valence-corrected chi connectivity index (χ3v) is 6.82. The summed E-state index contributed by atoms with van der Waals surface area (Å²) in [6, 6.07) is 13.6. The Kier molecular flexibility index (Phi) is 6.27. The Bertz CT molecular complexity index is 945. The summed E-state index contributed by atoms with van der Waals surface area (Å²) in [5.41, 5.74) is 1.95. The number of carbonyl (C=O) groups excluding carboxylic acids is 1. The first-order valence-corrected chi connectivity index (χ1v) is 11.1. The van der Waals surface area contributed by atoms with Gasteiger partial charge < -0.3 is 5.32 Å². The molecular weight excluding hydrogens is 398 g/mol. The topological polar surface area (TPSA) is 69.7 Å². The first-order chi connectivity index (χ1) is 13.3. The molecule has 0 radical (unpaired) electrons. The van der Waals surface area contributed by atoms with E-state index in [1.807, 2.05) is 31.1 Å². The van der Waals surface area contributed by atoms with Crippen LogP contribution in [0.1, 0.15) is 24.4 Å². The van der Waals surface area contributed by atoms with Gasteiger partial charge >= 0.3 is 0 Å². The van der Waals surface area contributed by atoms with Gasteiger partial charge in [-0.2, -0.15) is 0 Å². The fourth-order valence-electron chi connectivity index (χ4n) is 3.36. The van der Waals surface area contributed by atoms with E-state index in [1.54, 1.807) is 36.4 Å². The minimum absolute atomic E-state index is 0.156. The number of nitrogens with one attached hydrogen (secondary N) is 1. The molecule has 1 aliphatic heterocycles. The van der Waals surface area contributed by atoms with E-state index in [-0.39, 0.29) is 11.7 Å². The first kappa shape index (κ1) is 20.6. The second-order valence-corrected chi connectivity index (χ2v) is 9.50. The molecule has 0 bridgehead atoms. The summed E-state index contributed by atoms with van der Waals surface area (Å²) in [6.07, 6.45) is 1.51. The van der Waals surface area contributed by atoms with Crippen LogP contribution in [-0.2, 0) is 14.8 Å². The van der Waals surface area contributed by atoms with Gasteiger partial charge in [0.05, 0.1) is 11.4 Å². The van der Waals surface area contributed by atoms with Crippen molar-refractivity contribution in [3.8, 4) is 0 Å². The molecule has 8 heteroatoms. The number of benzene rings is 2. The van der Waals surface area contributed by atoms with E-state index < -0.39 is 16.1 Å². The summed E-state index contributed by atoms with van der Waals surface area (Å²) in [7, 11) is 0.359. The van der Waals surface area contributed by atoms with Crippen molar-refractivity contribution in [3.05, 3.63) is 59.1 Å². The maximum atomic E-state index is 12.9. The third-order valence-electron chi connectivity index (χ3n) is 4.70. The van der Waals surface area contributed by atoms with Crippen molar-refractivity contribution in [2.75, 3.05) is 36.0 Å². The zero-order valence-electron chi connectivity index (χ0n) is 15.9. The zero-order valence-corrected chi connectivity index (χ0v) is 17.5. The highest BCUT2D eigenvalue weighted by Gasteiger charge is 2.27. The van der Waals surface area contributed by atoms with Gasteiger partial charge in [0.25, 0.3) is 0 Å². The van der Waals surface area contributed by atoms with Crippen molar-refractivity contribution in [3.63, 3.8) is 0 Å². The number of hydrogen-bond donors (Lipinski definition) is 1. The molecule has 1 amide bonds. The minimum Gasteiger partial charge on any atom is -0.324 e. The van der Waals surface area contributed by atoms with Gasteiger partial charge in [0, 0.05) is 17.3 Å². The summed E-state index contributed by atoms with van der Waals surface area (Å²) >= 11 is 5.95. The second kappa shape index (κ2) is 8.51. The van der Waals surface area contributed by atoms with Crippen molar-refractivity contribution in [2.45, 2.75) is 18.9 Å². The summed E-state index contributed by atoms with van der Waals surface area (Å²) < 4.78 is 26.1. The third kappa shape index (κ3) is 4.66. The predicted octanol–water partition coefficient (Wildman–Crippen LogP) is 3.51. The average Bonchev–Trinajstić information content (AvgIpc) is 2.63. The molecule has 150 valence electrons. The van der Waals surface area contributed by atoms with Crippen LogP contribution in [0.5, 0.6) is 0 Å². The van der Waals surface area contributed by atoms with E-state index in [4.69, 9.17) is 11.6 Å². The molecule has 1 heterocycles. The van der Waals surface area contributed by atoms with Crippen LogP contribution in [0, 0.1) is 0 Å². The molecule has 0 spiro atoms. The Morgan fingerprint density at radius 1 is 1.14 bits per heavy atom. The summed E-state index contributed by atoms with van der Waals surface area (Å²) in [5, 5.41) is 3.52. The molecule has 2 aromatic carbocycles. The van der Waals surface area contributed by atoms with Crippen molar-refractivity contribution < 1.29 is 13.2 Å². The largest absolute Gasteiger partial charge is 0.324 e. The lowest BCUT2D eigenvalue weighted by atomic mass is 10.1. The van der Waals surface area contributed by atoms with Gasteiger partial charge in [0.2, 0.25) is 15.9 Å². The maximum absolute atomic E-state index is 12.9. The molecule has 1 N–H and O–H groups in total. The van der Waals surface area contributed by atoms with Crippen molar-refractivity contribution in [2.24, 2.45) is 0 Å². The molecule has 6 nitrogen and oxygen atoms in total. The normalized spacial score (nSPS) is 17.4. The number of anilines is 2. The van der Waals surface area contributed by atoms with Crippen molar-refractivity contribution in [1.29, 1.82) is 0 Å². The number of nitrogens with zero attached hydrogens (tertiary/aromatic N) is 2. The first-order valence-electron chi connectivity index (χ1n) is 9.11. The Labute approximate surface area is 171 Å². The van der Waals surface area contributed by atoms with Gasteiger partial charge in [-0.05, 0) is 62.8 Å². The molecule has 3 rings (SSSR count). The van der Waals surface area contributed by atoms with E-state index in [0.717, 1.165) is 12.0 Å². The smallest absolute Gasteiger partial charge is 0.246 e. The summed E-state index contributed by atoms with van der Waals surface area (Å²) in [4.78, 5) is 14.8. The predicted molar refractivity (Wildman–Crippen MR) is 113 cm³/mol. The number of hydrogen-bond acceptors (Lipinski definition) is 4. The molecule has 2 aromatic rings.